The molecule has 3 nitrogen and oxygen atoms in total. The van der Waals surface area contributed by atoms with Gasteiger partial charge in [0, 0.05) is 23.8 Å². The molecule has 0 radical (unpaired) electrons. The SMILES string of the molecule is CC(C)C(C)N(C)C(=O)c1ncccc1Br. The van der Waals surface area contributed by atoms with E-state index < -0.39 is 0 Å². The van der Waals surface area contributed by atoms with Gasteiger partial charge < -0.3 is 4.90 Å². The third-order valence-electron chi connectivity index (χ3n) is 2.86. The minimum Gasteiger partial charge on any atom is -0.337 e. The standard InChI is InChI=1S/C12H17BrN2O/c1-8(2)9(3)15(4)12(16)11-10(13)6-5-7-14-11/h5-9H,1-4H3. The molecule has 4 heteroatoms. The van der Waals surface area contributed by atoms with Gasteiger partial charge in [0.25, 0.3) is 5.91 Å². The number of hydrogen-bond donors (Lipinski definition) is 0. The van der Waals surface area contributed by atoms with E-state index in [0.717, 1.165) is 4.47 Å². The van der Waals surface area contributed by atoms with Crippen LogP contribution in [0.15, 0.2) is 22.8 Å². The number of rotatable bonds is 3. The zero-order valence-corrected chi connectivity index (χ0v) is 11.7. The van der Waals surface area contributed by atoms with Crippen LogP contribution in [-0.4, -0.2) is 28.9 Å². The normalized spacial score (nSPS) is 12.6. The number of amides is 1. The second kappa shape index (κ2) is 5.43. The Balaban J connectivity index is 2.91. The summed E-state index contributed by atoms with van der Waals surface area (Å²) >= 11 is 3.34. The van der Waals surface area contributed by atoms with Gasteiger partial charge in [0.05, 0.1) is 0 Å². The molecule has 0 bridgehead atoms. The van der Waals surface area contributed by atoms with Gasteiger partial charge >= 0.3 is 0 Å². The molecule has 0 N–H and O–H groups in total. The van der Waals surface area contributed by atoms with Crippen molar-refractivity contribution in [3.8, 4) is 0 Å². The van der Waals surface area contributed by atoms with Crippen molar-refractivity contribution in [2.75, 3.05) is 7.05 Å². The van der Waals surface area contributed by atoms with Crippen LogP contribution in [0.4, 0.5) is 0 Å². The zero-order chi connectivity index (χ0) is 12.3. The van der Waals surface area contributed by atoms with E-state index in [0.29, 0.717) is 11.6 Å². The first-order chi connectivity index (χ1) is 7.45. The predicted octanol–water partition coefficient (Wildman–Crippen LogP) is 2.96. The molecule has 1 aromatic heterocycles. The fourth-order valence-corrected chi connectivity index (χ4v) is 1.77. The molecular formula is C12H17BrN2O. The fourth-order valence-electron chi connectivity index (χ4n) is 1.34. The highest BCUT2D eigenvalue weighted by molar-refractivity contribution is 9.10. The molecule has 0 spiro atoms. The molecule has 1 heterocycles. The third kappa shape index (κ3) is 2.82. The first-order valence-electron chi connectivity index (χ1n) is 5.32. The molecule has 88 valence electrons. The largest absolute Gasteiger partial charge is 0.337 e. The summed E-state index contributed by atoms with van der Waals surface area (Å²) in [5, 5.41) is 0. The van der Waals surface area contributed by atoms with Crippen molar-refractivity contribution in [3.63, 3.8) is 0 Å². The molecule has 0 aliphatic rings. The summed E-state index contributed by atoms with van der Waals surface area (Å²) < 4.78 is 0.739. The Morgan fingerprint density at radius 1 is 1.44 bits per heavy atom. The highest BCUT2D eigenvalue weighted by Gasteiger charge is 2.22. The summed E-state index contributed by atoms with van der Waals surface area (Å²) in [5.41, 5.74) is 0.470. The number of halogens is 1. The molecule has 16 heavy (non-hydrogen) atoms. The molecule has 1 rings (SSSR count). The number of nitrogens with zero attached hydrogens (tertiary/aromatic N) is 2. The number of pyridine rings is 1. The molecule has 1 amide bonds. The Morgan fingerprint density at radius 3 is 2.56 bits per heavy atom. The van der Waals surface area contributed by atoms with Crippen molar-refractivity contribution in [1.82, 2.24) is 9.88 Å². The lowest BCUT2D eigenvalue weighted by molar-refractivity contribution is 0.0700. The van der Waals surface area contributed by atoms with Gasteiger partial charge in [-0.25, -0.2) is 4.98 Å². The highest BCUT2D eigenvalue weighted by atomic mass is 79.9. The summed E-state index contributed by atoms with van der Waals surface area (Å²) in [6.07, 6.45) is 1.63. The van der Waals surface area contributed by atoms with Crippen LogP contribution in [0.1, 0.15) is 31.3 Å². The van der Waals surface area contributed by atoms with E-state index in [2.05, 4.69) is 34.8 Å². The number of carbonyl (C=O) groups is 1. The number of hydrogen-bond acceptors (Lipinski definition) is 2. The van der Waals surface area contributed by atoms with Crippen molar-refractivity contribution in [2.45, 2.75) is 26.8 Å². The van der Waals surface area contributed by atoms with Crippen LogP contribution in [-0.2, 0) is 0 Å². The lowest BCUT2D eigenvalue weighted by Gasteiger charge is -2.27. The van der Waals surface area contributed by atoms with Gasteiger partial charge in [0.2, 0.25) is 0 Å². The summed E-state index contributed by atoms with van der Waals surface area (Å²) in [6, 6.07) is 3.82. The molecular weight excluding hydrogens is 268 g/mol. The van der Waals surface area contributed by atoms with E-state index in [4.69, 9.17) is 0 Å². The van der Waals surface area contributed by atoms with Gasteiger partial charge in [0.1, 0.15) is 5.69 Å². The first kappa shape index (κ1) is 13.2. The Kier molecular flexibility index (Phi) is 4.47. The van der Waals surface area contributed by atoms with Crippen molar-refractivity contribution < 1.29 is 4.79 Å². The Labute approximate surface area is 105 Å². The second-order valence-corrected chi connectivity index (χ2v) is 5.09. The van der Waals surface area contributed by atoms with E-state index in [9.17, 15) is 4.79 Å². The van der Waals surface area contributed by atoms with Crippen LogP contribution in [0.2, 0.25) is 0 Å². The van der Waals surface area contributed by atoms with Crippen LogP contribution in [0, 0.1) is 5.92 Å². The van der Waals surface area contributed by atoms with Crippen molar-refractivity contribution in [1.29, 1.82) is 0 Å². The average Bonchev–Trinajstić information content (AvgIpc) is 2.26. The first-order valence-corrected chi connectivity index (χ1v) is 6.12. The molecule has 1 unspecified atom stereocenters. The summed E-state index contributed by atoms with van der Waals surface area (Å²) in [5.74, 6) is 0.380. The molecule has 0 saturated carbocycles. The maximum Gasteiger partial charge on any atom is 0.273 e. The third-order valence-corrected chi connectivity index (χ3v) is 3.50. The van der Waals surface area contributed by atoms with Gasteiger partial charge in [-0.3, -0.25) is 4.79 Å². The van der Waals surface area contributed by atoms with Gasteiger partial charge in [-0.15, -0.1) is 0 Å². The van der Waals surface area contributed by atoms with E-state index in [1.54, 1.807) is 17.2 Å². The van der Waals surface area contributed by atoms with Gasteiger partial charge in [-0.1, -0.05) is 13.8 Å². The van der Waals surface area contributed by atoms with Crippen molar-refractivity contribution >= 4 is 21.8 Å². The van der Waals surface area contributed by atoms with Crippen LogP contribution < -0.4 is 0 Å². The molecule has 1 atom stereocenters. The monoisotopic (exact) mass is 284 g/mol. The number of aromatic nitrogens is 1. The van der Waals surface area contributed by atoms with Crippen LogP contribution in [0.5, 0.6) is 0 Å². The Bertz CT molecular complexity index is 379. The molecule has 1 aromatic rings. The minimum atomic E-state index is -0.0475. The van der Waals surface area contributed by atoms with Crippen LogP contribution in [0.25, 0.3) is 0 Å². The Morgan fingerprint density at radius 2 is 2.06 bits per heavy atom. The average molecular weight is 285 g/mol. The molecule has 0 saturated heterocycles. The lowest BCUT2D eigenvalue weighted by atomic mass is 10.0. The molecule has 0 fully saturated rings. The fraction of sp³-hybridized carbons (Fsp3) is 0.500. The quantitative estimate of drug-likeness (QED) is 0.855. The Hall–Kier alpha value is -0.900. The minimum absolute atomic E-state index is 0.0475. The van der Waals surface area contributed by atoms with E-state index in [-0.39, 0.29) is 11.9 Å². The maximum absolute atomic E-state index is 12.1. The van der Waals surface area contributed by atoms with E-state index >= 15 is 0 Å². The maximum atomic E-state index is 12.1. The molecule has 0 aromatic carbocycles. The molecule has 0 aliphatic carbocycles. The van der Waals surface area contributed by atoms with E-state index in [1.807, 2.05) is 20.0 Å². The van der Waals surface area contributed by atoms with Crippen LogP contribution >= 0.6 is 15.9 Å². The van der Waals surface area contributed by atoms with Gasteiger partial charge in [-0.05, 0) is 40.9 Å². The van der Waals surface area contributed by atoms with Crippen LogP contribution in [0.3, 0.4) is 0 Å². The topological polar surface area (TPSA) is 33.2 Å². The second-order valence-electron chi connectivity index (χ2n) is 4.23. The number of carbonyl (C=O) groups excluding carboxylic acids is 1. The van der Waals surface area contributed by atoms with Crippen molar-refractivity contribution in [2.24, 2.45) is 5.92 Å². The summed E-state index contributed by atoms with van der Waals surface area (Å²) in [7, 11) is 1.81. The van der Waals surface area contributed by atoms with Gasteiger partial charge in [0.15, 0.2) is 0 Å². The highest BCUT2D eigenvalue weighted by Crippen LogP contribution is 2.17. The lowest BCUT2D eigenvalue weighted by Crippen LogP contribution is -2.38. The predicted molar refractivity (Wildman–Crippen MR) is 68.3 cm³/mol. The van der Waals surface area contributed by atoms with E-state index in [1.165, 1.54) is 0 Å². The van der Waals surface area contributed by atoms with Crippen molar-refractivity contribution in [3.05, 3.63) is 28.5 Å². The smallest absolute Gasteiger partial charge is 0.273 e. The molecule has 0 aliphatic heterocycles. The zero-order valence-electron chi connectivity index (χ0n) is 10.1. The summed E-state index contributed by atoms with van der Waals surface area (Å²) in [4.78, 5) is 18.0. The summed E-state index contributed by atoms with van der Waals surface area (Å²) in [6.45, 7) is 6.24. The van der Waals surface area contributed by atoms with Gasteiger partial charge in [-0.2, -0.15) is 0 Å².